The van der Waals surface area contributed by atoms with Crippen molar-refractivity contribution < 1.29 is 9.21 Å². The lowest BCUT2D eigenvalue weighted by Crippen LogP contribution is -2.25. The van der Waals surface area contributed by atoms with E-state index in [-0.39, 0.29) is 5.91 Å². The molecule has 0 bridgehead atoms. The SMILES string of the molecule is O=C(NCCc1cccc(Cl)c1)c1cncc(NCc2ccco2)c1. The van der Waals surface area contributed by atoms with E-state index in [4.69, 9.17) is 16.0 Å². The van der Waals surface area contributed by atoms with Crippen LogP contribution in [0.2, 0.25) is 5.02 Å². The molecule has 0 spiro atoms. The van der Waals surface area contributed by atoms with E-state index < -0.39 is 0 Å². The van der Waals surface area contributed by atoms with Crippen LogP contribution in [0.4, 0.5) is 5.69 Å². The molecule has 0 radical (unpaired) electrons. The minimum Gasteiger partial charge on any atom is -0.467 e. The minimum absolute atomic E-state index is 0.156. The van der Waals surface area contributed by atoms with Crippen molar-refractivity contribution in [3.05, 3.63) is 83.0 Å². The highest BCUT2D eigenvalue weighted by atomic mass is 35.5. The van der Waals surface area contributed by atoms with Gasteiger partial charge >= 0.3 is 0 Å². The number of carbonyl (C=O) groups is 1. The number of hydrogen-bond donors (Lipinski definition) is 2. The van der Waals surface area contributed by atoms with Gasteiger partial charge in [-0.15, -0.1) is 0 Å². The number of carbonyl (C=O) groups excluding carboxylic acids is 1. The van der Waals surface area contributed by atoms with E-state index in [0.29, 0.717) is 23.7 Å². The Balaban J connectivity index is 1.52. The van der Waals surface area contributed by atoms with Crippen molar-refractivity contribution in [1.29, 1.82) is 0 Å². The van der Waals surface area contributed by atoms with Crippen LogP contribution in [0.5, 0.6) is 0 Å². The summed E-state index contributed by atoms with van der Waals surface area (Å²) in [7, 11) is 0. The molecule has 128 valence electrons. The molecular weight excluding hydrogens is 338 g/mol. The number of furan rings is 1. The van der Waals surface area contributed by atoms with Crippen molar-refractivity contribution in [2.45, 2.75) is 13.0 Å². The van der Waals surface area contributed by atoms with Crippen molar-refractivity contribution in [2.75, 3.05) is 11.9 Å². The largest absolute Gasteiger partial charge is 0.467 e. The Morgan fingerprint density at radius 1 is 1.16 bits per heavy atom. The molecule has 0 saturated carbocycles. The average Bonchev–Trinajstić information content (AvgIpc) is 3.14. The van der Waals surface area contributed by atoms with E-state index in [2.05, 4.69) is 15.6 Å². The summed E-state index contributed by atoms with van der Waals surface area (Å²) in [5.41, 5.74) is 2.36. The van der Waals surface area contributed by atoms with Crippen LogP contribution >= 0.6 is 11.6 Å². The van der Waals surface area contributed by atoms with E-state index in [1.54, 1.807) is 24.7 Å². The molecule has 1 aromatic carbocycles. The molecule has 0 fully saturated rings. The number of nitrogens with one attached hydrogen (secondary N) is 2. The van der Waals surface area contributed by atoms with Crippen LogP contribution < -0.4 is 10.6 Å². The lowest BCUT2D eigenvalue weighted by Gasteiger charge is -2.08. The van der Waals surface area contributed by atoms with E-state index in [1.807, 2.05) is 36.4 Å². The number of halogens is 1. The third kappa shape index (κ3) is 5.09. The number of anilines is 1. The maximum atomic E-state index is 12.3. The third-order valence-corrected chi connectivity index (χ3v) is 3.87. The van der Waals surface area contributed by atoms with E-state index in [1.165, 1.54) is 0 Å². The van der Waals surface area contributed by atoms with Gasteiger partial charge in [-0.3, -0.25) is 9.78 Å². The Morgan fingerprint density at radius 3 is 2.88 bits per heavy atom. The zero-order valence-electron chi connectivity index (χ0n) is 13.5. The van der Waals surface area contributed by atoms with Crippen LogP contribution in [0.3, 0.4) is 0 Å². The zero-order chi connectivity index (χ0) is 17.5. The molecule has 2 aromatic heterocycles. The predicted octanol–water partition coefficient (Wildman–Crippen LogP) is 3.91. The first-order valence-electron chi connectivity index (χ1n) is 7.94. The molecular formula is C19H18ClN3O2. The smallest absolute Gasteiger partial charge is 0.252 e. The standard InChI is InChI=1S/C19H18ClN3O2/c20-16-4-1-3-14(9-16)6-7-22-19(24)15-10-17(12-21-11-15)23-13-18-5-2-8-25-18/h1-5,8-12,23H,6-7,13H2,(H,22,24). The minimum atomic E-state index is -0.156. The van der Waals surface area contributed by atoms with Gasteiger partial charge in [0.05, 0.1) is 24.1 Å². The van der Waals surface area contributed by atoms with Crippen molar-refractivity contribution in [3.8, 4) is 0 Å². The van der Waals surface area contributed by atoms with Gasteiger partial charge in [0.25, 0.3) is 5.91 Å². The van der Waals surface area contributed by atoms with Gasteiger partial charge in [0, 0.05) is 24.0 Å². The molecule has 2 heterocycles. The van der Waals surface area contributed by atoms with Crippen LogP contribution in [-0.4, -0.2) is 17.4 Å². The van der Waals surface area contributed by atoms with Crippen LogP contribution in [0.15, 0.2) is 65.5 Å². The number of amides is 1. The highest BCUT2D eigenvalue weighted by molar-refractivity contribution is 6.30. The molecule has 3 rings (SSSR count). The molecule has 6 heteroatoms. The third-order valence-electron chi connectivity index (χ3n) is 3.64. The van der Waals surface area contributed by atoms with E-state index in [0.717, 1.165) is 23.4 Å². The molecule has 1 amide bonds. The maximum absolute atomic E-state index is 12.3. The van der Waals surface area contributed by atoms with Gasteiger partial charge in [-0.25, -0.2) is 0 Å². The first-order chi connectivity index (χ1) is 12.2. The number of aromatic nitrogens is 1. The van der Waals surface area contributed by atoms with Gasteiger partial charge in [0.1, 0.15) is 5.76 Å². The van der Waals surface area contributed by atoms with Gasteiger partial charge in [0.2, 0.25) is 0 Å². The summed E-state index contributed by atoms with van der Waals surface area (Å²) in [5.74, 6) is 0.660. The normalized spacial score (nSPS) is 10.4. The van der Waals surface area contributed by atoms with Crippen molar-refractivity contribution in [1.82, 2.24) is 10.3 Å². The molecule has 25 heavy (non-hydrogen) atoms. The Labute approximate surface area is 151 Å². The van der Waals surface area contributed by atoms with Crippen LogP contribution in [0.25, 0.3) is 0 Å². The maximum Gasteiger partial charge on any atom is 0.252 e. The fourth-order valence-electron chi connectivity index (χ4n) is 2.38. The fourth-order valence-corrected chi connectivity index (χ4v) is 2.59. The number of pyridine rings is 1. The Morgan fingerprint density at radius 2 is 2.08 bits per heavy atom. The van der Waals surface area contributed by atoms with Crippen LogP contribution in [-0.2, 0) is 13.0 Å². The second kappa shape index (κ2) is 8.35. The van der Waals surface area contributed by atoms with Gasteiger partial charge in [0.15, 0.2) is 0 Å². The summed E-state index contributed by atoms with van der Waals surface area (Å²) in [5, 5.41) is 6.77. The second-order valence-electron chi connectivity index (χ2n) is 5.53. The Kier molecular flexibility index (Phi) is 5.69. The Hall–Kier alpha value is -2.79. The highest BCUT2D eigenvalue weighted by Crippen LogP contribution is 2.12. The molecule has 3 aromatic rings. The molecule has 5 nitrogen and oxygen atoms in total. The molecule has 0 saturated heterocycles. The van der Waals surface area contributed by atoms with Crippen LogP contribution in [0, 0.1) is 0 Å². The highest BCUT2D eigenvalue weighted by Gasteiger charge is 2.07. The predicted molar refractivity (Wildman–Crippen MR) is 97.8 cm³/mol. The second-order valence-corrected chi connectivity index (χ2v) is 5.97. The Bertz CT molecular complexity index is 834. The number of benzene rings is 1. The first-order valence-corrected chi connectivity index (χ1v) is 8.32. The summed E-state index contributed by atoms with van der Waals surface area (Å²) in [6, 6.07) is 13.1. The van der Waals surface area contributed by atoms with Gasteiger partial charge in [-0.1, -0.05) is 23.7 Å². The van der Waals surface area contributed by atoms with Gasteiger partial charge < -0.3 is 15.1 Å². The lowest BCUT2D eigenvalue weighted by molar-refractivity contribution is 0.0954. The summed E-state index contributed by atoms with van der Waals surface area (Å²) < 4.78 is 5.26. The number of rotatable bonds is 7. The molecule has 0 aliphatic heterocycles. The van der Waals surface area contributed by atoms with Gasteiger partial charge in [-0.05, 0) is 42.3 Å². The van der Waals surface area contributed by atoms with Crippen molar-refractivity contribution in [3.63, 3.8) is 0 Å². The monoisotopic (exact) mass is 355 g/mol. The molecule has 2 N–H and O–H groups in total. The average molecular weight is 356 g/mol. The van der Waals surface area contributed by atoms with Crippen molar-refractivity contribution in [2.24, 2.45) is 0 Å². The molecule has 0 unspecified atom stereocenters. The molecule has 0 atom stereocenters. The van der Waals surface area contributed by atoms with Crippen LogP contribution in [0.1, 0.15) is 21.7 Å². The first kappa shape index (κ1) is 17.0. The van der Waals surface area contributed by atoms with E-state index in [9.17, 15) is 4.79 Å². The van der Waals surface area contributed by atoms with Crippen molar-refractivity contribution >= 4 is 23.2 Å². The summed E-state index contributed by atoms with van der Waals surface area (Å²) in [6.07, 6.45) is 5.56. The quantitative estimate of drug-likeness (QED) is 0.674. The van der Waals surface area contributed by atoms with E-state index >= 15 is 0 Å². The number of hydrogen-bond acceptors (Lipinski definition) is 4. The number of nitrogens with zero attached hydrogens (tertiary/aromatic N) is 1. The molecule has 0 aliphatic rings. The topological polar surface area (TPSA) is 67.2 Å². The zero-order valence-corrected chi connectivity index (χ0v) is 14.3. The summed E-state index contributed by atoms with van der Waals surface area (Å²) in [6.45, 7) is 1.07. The fraction of sp³-hybridized carbons (Fsp3) is 0.158. The summed E-state index contributed by atoms with van der Waals surface area (Å²) >= 11 is 5.96. The van der Waals surface area contributed by atoms with Gasteiger partial charge in [-0.2, -0.15) is 0 Å². The molecule has 0 aliphatic carbocycles. The lowest BCUT2D eigenvalue weighted by atomic mass is 10.1. The summed E-state index contributed by atoms with van der Waals surface area (Å²) in [4.78, 5) is 16.4.